The molecular formula is C15H17ClN2O2. The molecule has 0 radical (unpaired) electrons. The van der Waals surface area contributed by atoms with Crippen LogP contribution in [0.1, 0.15) is 24.8 Å². The van der Waals surface area contributed by atoms with Crippen LogP contribution in [0.2, 0.25) is 5.02 Å². The summed E-state index contributed by atoms with van der Waals surface area (Å²) in [5.41, 5.74) is 5.78. The minimum absolute atomic E-state index is 0.0455. The van der Waals surface area contributed by atoms with Crippen molar-refractivity contribution >= 4 is 23.4 Å². The first-order valence-corrected chi connectivity index (χ1v) is 7.01. The molecule has 0 heterocycles. The van der Waals surface area contributed by atoms with E-state index in [1.807, 2.05) is 6.08 Å². The highest BCUT2D eigenvalue weighted by molar-refractivity contribution is 6.30. The lowest BCUT2D eigenvalue weighted by atomic mass is 9.94. The molecule has 2 amide bonds. The van der Waals surface area contributed by atoms with Crippen LogP contribution in [0.4, 0.5) is 0 Å². The first-order chi connectivity index (χ1) is 9.65. The summed E-state index contributed by atoms with van der Waals surface area (Å²) in [6.45, 7) is 0. The Morgan fingerprint density at radius 1 is 1.15 bits per heavy atom. The molecule has 0 saturated carbocycles. The Morgan fingerprint density at radius 2 is 1.90 bits per heavy atom. The van der Waals surface area contributed by atoms with Crippen LogP contribution in [0.3, 0.4) is 0 Å². The smallest absolute Gasteiger partial charge is 0.242 e. The molecule has 0 saturated heterocycles. The van der Waals surface area contributed by atoms with E-state index >= 15 is 0 Å². The van der Waals surface area contributed by atoms with Crippen LogP contribution >= 0.6 is 11.6 Å². The number of hydrogen-bond acceptors (Lipinski definition) is 2. The molecule has 0 aromatic heterocycles. The van der Waals surface area contributed by atoms with E-state index < -0.39 is 0 Å². The van der Waals surface area contributed by atoms with E-state index in [1.54, 1.807) is 24.3 Å². The minimum atomic E-state index is -0.243. The standard InChI is InChI=1S/C15H17ClN2O2/c16-13-8-6-11(7-9-13)10-14(19)17-18-15(20)12-4-2-1-3-5-12/h1-2,6-9,12H,3-5,10H2,(H,17,19)(H,18,20). The summed E-state index contributed by atoms with van der Waals surface area (Å²) < 4.78 is 0. The van der Waals surface area contributed by atoms with Gasteiger partial charge in [-0.15, -0.1) is 0 Å². The fourth-order valence-electron chi connectivity index (χ4n) is 2.10. The highest BCUT2D eigenvalue weighted by Gasteiger charge is 2.18. The number of nitrogens with one attached hydrogen (secondary N) is 2. The molecule has 1 aliphatic carbocycles. The van der Waals surface area contributed by atoms with Crippen molar-refractivity contribution in [3.05, 3.63) is 47.0 Å². The Labute approximate surface area is 123 Å². The van der Waals surface area contributed by atoms with Crippen molar-refractivity contribution in [2.75, 3.05) is 0 Å². The summed E-state index contributed by atoms with van der Waals surface area (Å²) in [5, 5.41) is 0.632. The van der Waals surface area contributed by atoms with Crippen molar-refractivity contribution in [2.45, 2.75) is 25.7 Å². The quantitative estimate of drug-likeness (QED) is 0.664. The van der Waals surface area contributed by atoms with Crippen molar-refractivity contribution in [2.24, 2.45) is 5.92 Å². The number of carbonyl (C=O) groups is 2. The average Bonchev–Trinajstić information content (AvgIpc) is 2.48. The number of hydrazine groups is 1. The van der Waals surface area contributed by atoms with Crippen LogP contribution in [-0.4, -0.2) is 11.8 Å². The molecule has 0 aliphatic heterocycles. The van der Waals surface area contributed by atoms with Crippen LogP contribution in [-0.2, 0) is 16.0 Å². The molecule has 0 fully saturated rings. The molecule has 0 spiro atoms. The third-order valence-electron chi connectivity index (χ3n) is 3.24. The number of amides is 2. The molecule has 0 bridgehead atoms. The third kappa shape index (κ3) is 4.38. The van der Waals surface area contributed by atoms with E-state index in [0.29, 0.717) is 5.02 Å². The van der Waals surface area contributed by atoms with Crippen molar-refractivity contribution in [3.8, 4) is 0 Å². The number of rotatable bonds is 3. The first-order valence-electron chi connectivity index (χ1n) is 6.63. The number of carbonyl (C=O) groups excluding carboxylic acids is 2. The van der Waals surface area contributed by atoms with Gasteiger partial charge in [0, 0.05) is 10.9 Å². The Bertz CT molecular complexity index is 511. The summed E-state index contributed by atoms with van der Waals surface area (Å²) in [5.74, 6) is -0.415. The van der Waals surface area contributed by atoms with Gasteiger partial charge >= 0.3 is 0 Å². The zero-order chi connectivity index (χ0) is 14.4. The Balaban J connectivity index is 1.75. The van der Waals surface area contributed by atoms with Gasteiger partial charge in [-0.2, -0.15) is 0 Å². The van der Waals surface area contributed by atoms with E-state index in [1.165, 1.54) is 0 Å². The van der Waals surface area contributed by atoms with Crippen LogP contribution in [0.15, 0.2) is 36.4 Å². The summed E-state index contributed by atoms with van der Waals surface area (Å²) in [4.78, 5) is 23.5. The van der Waals surface area contributed by atoms with Crippen molar-refractivity contribution in [1.82, 2.24) is 10.9 Å². The van der Waals surface area contributed by atoms with Crippen LogP contribution in [0.25, 0.3) is 0 Å². The molecule has 2 N–H and O–H groups in total. The Morgan fingerprint density at radius 3 is 2.55 bits per heavy atom. The fourth-order valence-corrected chi connectivity index (χ4v) is 2.22. The maximum Gasteiger partial charge on any atom is 0.242 e. The summed E-state index contributed by atoms with van der Waals surface area (Å²) in [7, 11) is 0. The van der Waals surface area contributed by atoms with E-state index in [-0.39, 0.29) is 24.2 Å². The van der Waals surface area contributed by atoms with Gasteiger partial charge in [0.05, 0.1) is 6.42 Å². The van der Waals surface area contributed by atoms with Gasteiger partial charge in [-0.3, -0.25) is 20.4 Å². The van der Waals surface area contributed by atoms with Gasteiger partial charge in [0.15, 0.2) is 0 Å². The van der Waals surface area contributed by atoms with Gasteiger partial charge in [0.1, 0.15) is 0 Å². The third-order valence-corrected chi connectivity index (χ3v) is 3.49. The molecule has 5 heteroatoms. The lowest BCUT2D eigenvalue weighted by Gasteiger charge is -2.17. The molecule has 2 rings (SSSR count). The van der Waals surface area contributed by atoms with Gasteiger partial charge in [-0.05, 0) is 37.0 Å². The van der Waals surface area contributed by atoms with Crippen molar-refractivity contribution < 1.29 is 9.59 Å². The van der Waals surface area contributed by atoms with Gasteiger partial charge in [-0.1, -0.05) is 35.9 Å². The maximum atomic E-state index is 11.8. The van der Waals surface area contributed by atoms with E-state index in [0.717, 1.165) is 24.8 Å². The van der Waals surface area contributed by atoms with E-state index in [4.69, 9.17) is 11.6 Å². The number of benzene rings is 1. The lowest BCUT2D eigenvalue weighted by Crippen LogP contribution is -2.45. The SMILES string of the molecule is O=C(Cc1ccc(Cl)cc1)NNC(=O)C1CC=CCC1. The maximum absolute atomic E-state index is 11.8. The topological polar surface area (TPSA) is 58.2 Å². The zero-order valence-corrected chi connectivity index (χ0v) is 11.8. The molecule has 1 aromatic rings. The number of hydrogen-bond donors (Lipinski definition) is 2. The molecule has 1 atom stereocenters. The van der Waals surface area contributed by atoms with Crippen LogP contribution < -0.4 is 10.9 Å². The van der Waals surface area contributed by atoms with Crippen molar-refractivity contribution in [3.63, 3.8) is 0 Å². The zero-order valence-electron chi connectivity index (χ0n) is 11.1. The highest BCUT2D eigenvalue weighted by atomic mass is 35.5. The first kappa shape index (κ1) is 14.6. The second-order valence-corrected chi connectivity index (χ2v) is 5.26. The van der Waals surface area contributed by atoms with Crippen LogP contribution in [0.5, 0.6) is 0 Å². The molecule has 106 valence electrons. The predicted octanol–water partition coefficient (Wildman–Crippen LogP) is 2.39. The van der Waals surface area contributed by atoms with Gasteiger partial charge in [0.25, 0.3) is 0 Å². The molecule has 1 unspecified atom stereocenters. The highest BCUT2D eigenvalue weighted by Crippen LogP contribution is 2.17. The molecular weight excluding hydrogens is 276 g/mol. The second kappa shape index (κ2) is 7.10. The van der Waals surface area contributed by atoms with Crippen LogP contribution in [0, 0.1) is 5.92 Å². The Kier molecular flexibility index (Phi) is 5.18. The van der Waals surface area contributed by atoms with E-state index in [2.05, 4.69) is 16.9 Å². The minimum Gasteiger partial charge on any atom is -0.273 e. The number of allylic oxidation sites excluding steroid dienone is 2. The average molecular weight is 293 g/mol. The molecule has 20 heavy (non-hydrogen) atoms. The predicted molar refractivity (Wildman–Crippen MR) is 77.9 cm³/mol. The summed E-state index contributed by atoms with van der Waals surface area (Å²) in [6, 6.07) is 7.04. The monoisotopic (exact) mass is 292 g/mol. The summed E-state index contributed by atoms with van der Waals surface area (Å²) in [6.07, 6.45) is 6.76. The van der Waals surface area contributed by atoms with E-state index in [9.17, 15) is 9.59 Å². The fraction of sp³-hybridized carbons (Fsp3) is 0.333. The molecule has 1 aromatic carbocycles. The van der Waals surface area contributed by atoms with Gasteiger partial charge in [-0.25, -0.2) is 0 Å². The second-order valence-electron chi connectivity index (χ2n) is 4.82. The Hall–Kier alpha value is -1.81. The van der Waals surface area contributed by atoms with Gasteiger partial charge in [0.2, 0.25) is 11.8 Å². The van der Waals surface area contributed by atoms with Crippen molar-refractivity contribution in [1.29, 1.82) is 0 Å². The number of halogens is 1. The molecule has 1 aliphatic rings. The largest absolute Gasteiger partial charge is 0.273 e. The molecule has 4 nitrogen and oxygen atoms in total. The normalized spacial score (nSPS) is 17.6. The lowest BCUT2D eigenvalue weighted by molar-refractivity contribution is -0.131. The summed E-state index contributed by atoms with van der Waals surface area (Å²) >= 11 is 5.77. The van der Waals surface area contributed by atoms with Gasteiger partial charge < -0.3 is 0 Å².